The molecular weight excluding hydrogens is 739 g/mol. The van der Waals surface area contributed by atoms with Gasteiger partial charge in [0, 0.05) is 33.4 Å². The number of anilines is 3. The van der Waals surface area contributed by atoms with E-state index in [9.17, 15) is 27.6 Å². The first kappa shape index (κ1) is 38.8. The molecule has 3 aliphatic heterocycles. The van der Waals surface area contributed by atoms with Gasteiger partial charge < -0.3 is 16.0 Å². The molecule has 12 heteroatoms. The second-order valence-corrected chi connectivity index (χ2v) is 13.3. The summed E-state index contributed by atoms with van der Waals surface area (Å²) in [6.45, 7) is 2.15. The smallest absolute Gasteiger partial charge is 0.246 e. The third-order valence-electron chi connectivity index (χ3n) is 9.11. The topological polar surface area (TPSA) is 124 Å². The summed E-state index contributed by atoms with van der Waals surface area (Å²) in [4.78, 5) is 47.8. The lowest BCUT2D eigenvalue weighted by Crippen LogP contribution is -2.13. The summed E-state index contributed by atoms with van der Waals surface area (Å²) in [6.07, 6.45) is 0. The number of halogens is 3. The van der Waals surface area contributed by atoms with Crippen molar-refractivity contribution in [3.8, 4) is 0 Å². The van der Waals surface area contributed by atoms with Crippen LogP contribution in [0.2, 0.25) is 0 Å². The Morgan fingerprint density at radius 3 is 1.29 bits per heavy atom. The van der Waals surface area contributed by atoms with Crippen molar-refractivity contribution in [2.75, 3.05) is 35.6 Å². The number of aliphatic imine (C=N–C) groups is 3. The fraction of sp³-hybridized carbons (Fsp3) is 0.0870. The van der Waals surface area contributed by atoms with Crippen molar-refractivity contribution >= 4 is 51.9 Å². The van der Waals surface area contributed by atoms with Gasteiger partial charge in [-0.2, -0.15) is 0 Å². The molecule has 0 saturated heterocycles. The molecule has 3 N–H and O–H groups in total. The molecule has 9 rings (SSSR count). The van der Waals surface area contributed by atoms with Crippen LogP contribution in [0.15, 0.2) is 155 Å². The van der Waals surface area contributed by atoms with Crippen molar-refractivity contribution in [3.63, 3.8) is 0 Å². The number of rotatable bonds is 3. The van der Waals surface area contributed by atoms with Crippen molar-refractivity contribution in [2.45, 2.75) is 6.92 Å². The number of benzodiazepines with no additional fused rings is 3. The largest absolute Gasteiger partial charge is 0.324 e. The zero-order valence-electron chi connectivity index (χ0n) is 31.1. The third kappa shape index (κ3) is 9.31. The summed E-state index contributed by atoms with van der Waals surface area (Å²) >= 11 is 0. The van der Waals surface area contributed by atoms with Gasteiger partial charge in [-0.05, 0) is 73.7 Å². The lowest BCUT2D eigenvalue weighted by Gasteiger charge is -2.10. The molecule has 3 heterocycles. The first-order chi connectivity index (χ1) is 28.1. The molecule has 3 amide bonds. The molecule has 6 aromatic carbocycles. The Hall–Kier alpha value is -7.47. The van der Waals surface area contributed by atoms with E-state index in [1.54, 1.807) is 24.3 Å². The number of para-hydroxylation sites is 1. The zero-order valence-corrected chi connectivity index (χ0v) is 31.1. The Kier molecular flexibility index (Phi) is 11.7. The van der Waals surface area contributed by atoms with Crippen molar-refractivity contribution in [1.29, 1.82) is 0 Å². The highest BCUT2D eigenvalue weighted by Crippen LogP contribution is 2.26. The quantitative estimate of drug-likeness (QED) is 0.168. The molecular formula is C46H35F3N6O3. The molecule has 58 heavy (non-hydrogen) atoms. The molecule has 0 atom stereocenters. The number of hydrogen-bond donors (Lipinski definition) is 3. The van der Waals surface area contributed by atoms with E-state index in [4.69, 9.17) is 0 Å². The fourth-order valence-corrected chi connectivity index (χ4v) is 6.37. The van der Waals surface area contributed by atoms with Gasteiger partial charge >= 0.3 is 0 Å². The maximum Gasteiger partial charge on any atom is 0.246 e. The normalized spacial score (nSPS) is 14.1. The SMILES string of the molecule is Cc1ccc(C2=NCC(=O)Nc3ccc([18F])cc32)cc1.O=C1CN=C(c2ccc([18F])cc2)c2ccccc2N1.O=C1CN=C(c2ccccc2)c2cc([18F])ccc2N1. The number of benzene rings is 6. The number of hydrogen-bond acceptors (Lipinski definition) is 6. The van der Waals surface area contributed by atoms with Crippen LogP contribution in [-0.4, -0.2) is 54.5 Å². The second kappa shape index (κ2) is 17.5. The van der Waals surface area contributed by atoms with E-state index >= 15 is 0 Å². The predicted molar refractivity (Wildman–Crippen MR) is 221 cm³/mol. The Morgan fingerprint density at radius 2 is 0.793 bits per heavy atom. The monoisotopic (exact) mass is 773 g/mol. The van der Waals surface area contributed by atoms with Crippen LogP contribution < -0.4 is 16.0 Å². The maximum absolute atomic E-state index is 13.5. The van der Waals surface area contributed by atoms with Gasteiger partial charge in [-0.3, -0.25) is 29.4 Å². The molecule has 288 valence electrons. The Labute approximate surface area is 332 Å². The van der Waals surface area contributed by atoms with Crippen molar-refractivity contribution in [3.05, 3.63) is 196 Å². The highest BCUT2D eigenvalue weighted by molar-refractivity contribution is 6.21. The summed E-state index contributed by atoms with van der Waals surface area (Å²) < 4.78 is 39.9. The van der Waals surface area contributed by atoms with E-state index in [1.807, 2.05) is 85.8 Å². The number of fused-ring (bicyclic) bond motifs is 3. The van der Waals surface area contributed by atoms with E-state index < -0.39 is 0 Å². The van der Waals surface area contributed by atoms with Gasteiger partial charge in [0.1, 0.15) is 37.1 Å². The summed E-state index contributed by atoms with van der Waals surface area (Å²) in [5.41, 5.74) is 9.62. The highest BCUT2D eigenvalue weighted by atomic mass is 18.2. The van der Waals surface area contributed by atoms with Crippen LogP contribution in [0.5, 0.6) is 0 Å². The number of amides is 3. The van der Waals surface area contributed by atoms with Crippen LogP contribution >= 0.6 is 0 Å². The van der Waals surface area contributed by atoms with Gasteiger partial charge in [-0.1, -0.05) is 78.4 Å². The number of nitrogens with one attached hydrogen (secondary N) is 3. The molecule has 0 radical (unpaired) electrons. The molecule has 0 aliphatic carbocycles. The summed E-state index contributed by atoms with van der Waals surface area (Å²) in [6, 6.07) is 39.4. The number of nitrogens with zero attached hydrogens (tertiary/aromatic N) is 3. The van der Waals surface area contributed by atoms with Crippen LogP contribution in [0, 0.1) is 24.4 Å². The Bertz CT molecular complexity index is 2610. The second-order valence-electron chi connectivity index (χ2n) is 13.3. The zero-order chi connectivity index (χ0) is 40.6. The molecule has 0 saturated carbocycles. The van der Waals surface area contributed by atoms with E-state index in [0.717, 1.165) is 33.5 Å². The van der Waals surface area contributed by atoms with Crippen molar-refractivity contribution in [1.82, 2.24) is 0 Å². The highest BCUT2D eigenvalue weighted by Gasteiger charge is 2.20. The van der Waals surface area contributed by atoms with Gasteiger partial charge in [0.05, 0.1) is 34.2 Å². The number of carbonyl (C=O) groups is 3. The van der Waals surface area contributed by atoms with Crippen molar-refractivity contribution < 1.29 is 27.6 Å². The third-order valence-corrected chi connectivity index (χ3v) is 9.11. The van der Waals surface area contributed by atoms with Gasteiger partial charge in [-0.25, -0.2) is 13.2 Å². The van der Waals surface area contributed by atoms with E-state index in [1.165, 1.54) is 36.4 Å². The predicted octanol–water partition coefficient (Wildman–Crippen LogP) is 8.15. The van der Waals surface area contributed by atoms with E-state index in [-0.39, 0.29) is 54.8 Å². The summed E-state index contributed by atoms with van der Waals surface area (Å²) in [5.74, 6) is -1.53. The number of carbonyl (C=O) groups excluding carboxylic acids is 3. The van der Waals surface area contributed by atoms with E-state index in [0.29, 0.717) is 39.6 Å². The molecule has 9 nitrogen and oxygen atoms in total. The molecule has 0 spiro atoms. The molecule has 0 aromatic heterocycles. The van der Waals surface area contributed by atoms with Crippen molar-refractivity contribution in [2.24, 2.45) is 15.0 Å². The van der Waals surface area contributed by atoms with Crippen LogP contribution in [0.25, 0.3) is 0 Å². The Balaban J connectivity index is 0.000000132. The van der Waals surface area contributed by atoms with Crippen LogP contribution in [0.3, 0.4) is 0 Å². The molecule has 0 unspecified atom stereocenters. The summed E-state index contributed by atoms with van der Waals surface area (Å²) in [5, 5.41) is 8.28. The van der Waals surface area contributed by atoms with Gasteiger partial charge in [0.25, 0.3) is 0 Å². The molecule has 0 fully saturated rings. The maximum atomic E-state index is 13.5. The average Bonchev–Trinajstić information content (AvgIpc) is 3.58. The molecule has 0 bridgehead atoms. The standard InChI is InChI=1S/C16H13FN2O.2C15H11FN2O/c1-10-2-4-11(5-3-10)16-13-8-12(17)6-7-14(13)19-15(20)9-18-16;16-11-7-5-10(6-8-11)15-12-3-1-2-4-13(12)18-14(19)9-17-15;16-11-6-7-13-12(8-11)15(17-9-14(19)18-13)10-4-2-1-3-5-10/h2-8H,9H2,1H3,(H,19,20);2*1-8H,9H2,(H,18,19)/i17-1;2*16-1. The Morgan fingerprint density at radius 1 is 0.414 bits per heavy atom. The first-order valence-corrected chi connectivity index (χ1v) is 18.2. The first-order valence-electron chi connectivity index (χ1n) is 18.2. The summed E-state index contributed by atoms with van der Waals surface area (Å²) in [7, 11) is 0. The fourth-order valence-electron chi connectivity index (χ4n) is 6.37. The molecule has 3 aliphatic rings. The van der Waals surface area contributed by atoms with Gasteiger partial charge in [0.2, 0.25) is 17.7 Å². The number of aryl methyl sites for hydroxylation is 1. The minimum atomic E-state index is -0.349. The van der Waals surface area contributed by atoms with Crippen LogP contribution in [0.4, 0.5) is 30.2 Å². The van der Waals surface area contributed by atoms with Crippen LogP contribution in [-0.2, 0) is 14.4 Å². The molecule has 6 aromatic rings. The lowest BCUT2D eigenvalue weighted by molar-refractivity contribution is -0.115. The minimum absolute atomic E-state index is 0.0412. The average molecular weight is 774 g/mol. The minimum Gasteiger partial charge on any atom is -0.324 e. The lowest BCUT2D eigenvalue weighted by atomic mass is 9.99. The van der Waals surface area contributed by atoms with Gasteiger partial charge in [0.15, 0.2) is 0 Å². The van der Waals surface area contributed by atoms with Gasteiger partial charge in [-0.15, -0.1) is 0 Å². The van der Waals surface area contributed by atoms with E-state index in [2.05, 4.69) is 30.9 Å². The van der Waals surface area contributed by atoms with Crippen LogP contribution in [0.1, 0.15) is 38.9 Å².